The van der Waals surface area contributed by atoms with Gasteiger partial charge in [0.1, 0.15) is 0 Å². The van der Waals surface area contributed by atoms with Gasteiger partial charge in [0.2, 0.25) is 0 Å². The van der Waals surface area contributed by atoms with Crippen LogP contribution < -0.4 is 15.0 Å². The van der Waals surface area contributed by atoms with Crippen molar-refractivity contribution in [2.75, 3.05) is 0 Å². The molecular weight excluding hydrogens is 296 g/mol. The topological polar surface area (TPSA) is 64.1 Å². The second-order valence-electron chi connectivity index (χ2n) is 2.50. The second-order valence-corrected chi connectivity index (χ2v) is 3.04. The molecule has 11 heavy (non-hydrogen) atoms. The Labute approximate surface area is 91.3 Å². The monoisotopic (exact) mass is 307 g/mol. The van der Waals surface area contributed by atoms with Crippen LogP contribution in [0.25, 0.3) is 0 Å². The number of hydrogen-bond donors (Lipinski definition) is 3. The van der Waals surface area contributed by atoms with Crippen LogP contribution in [0.2, 0.25) is 0 Å². The first kappa shape index (κ1) is 11.7. The molecule has 0 aromatic carbocycles. The van der Waals surface area contributed by atoms with Gasteiger partial charge in [-0.25, -0.2) is 6.04 Å². The summed E-state index contributed by atoms with van der Waals surface area (Å²) in [6.45, 7) is 1.99. The van der Waals surface area contributed by atoms with Crippen LogP contribution in [0.3, 0.4) is 0 Å². The number of rotatable bonds is 2. The zero-order valence-corrected chi connectivity index (χ0v) is 9.48. The molecule has 1 radical (unpaired) electrons. The van der Waals surface area contributed by atoms with Gasteiger partial charge in [0.15, 0.2) is 0 Å². The SMILES string of the molecule is C/C(=C/C1[C-](N)C1N)NI.[Mn]. The van der Waals surface area contributed by atoms with Crippen molar-refractivity contribution in [3.8, 4) is 0 Å². The zero-order chi connectivity index (χ0) is 7.72. The van der Waals surface area contributed by atoms with Crippen LogP contribution in [-0.2, 0) is 17.1 Å². The van der Waals surface area contributed by atoms with E-state index in [-0.39, 0.29) is 23.1 Å². The number of nitrogens with one attached hydrogen (secondary N) is 1. The Hall–Kier alpha value is 0.709. The van der Waals surface area contributed by atoms with Gasteiger partial charge in [-0.3, -0.25) is 0 Å². The molecule has 1 aliphatic carbocycles. The van der Waals surface area contributed by atoms with Gasteiger partial charge in [-0.2, -0.15) is 0 Å². The first-order chi connectivity index (χ1) is 4.66. The van der Waals surface area contributed by atoms with Gasteiger partial charge in [-0.15, -0.1) is 12.0 Å². The Morgan fingerprint density at radius 2 is 2.18 bits per heavy atom. The molecule has 65 valence electrons. The molecule has 1 fully saturated rings. The first-order valence-corrected chi connectivity index (χ1v) is 4.17. The average Bonchev–Trinajstić information content (AvgIpc) is 2.45. The standard InChI is InChI=1S/C6H11IN3.Mn/c1-3(10-7)2-4-5(8)6(4)9;/h2,4-5,10H,8-9H2,1H3;/q-1;/b3-2-;. The quantitative estimate of drug-likeness (QED) is 0.297. The van der Waals surface area contributed by atoms with E-state index in [1.807, 2.05) is 13.0 Å². The summed E-state index contributed by atoms with van der Waals surface area (Å²) in [7, 11) is 0. The van der Waals surface area contributed by atoms with Crippen molar-refractivity contribution in [3.05, 3.63) is 17.8 Å². The first-order valence-electron chi connectivity index (χ1n) is 3.09. The van der Waals surface area contributed by atoms with Gasteiger partial charge < -0.3 is 15.0 Å². The molecule has 0 spiro atoms. The van der Waals surface area contributed by atoms with Crippen molar-refractivity contribution < 1.29 is 17.1 Å². The minimum atomic E-state index is 0. The zero-order valence-electron chi connectivity index (χ0n) is 6.14. The average molecular weight is 307 g/mol. The third-order valence-electron chi connectivity index (χ3n) is 1.63. The molecule has 0 bridgehead atoms. The van der Waals surface area contributed by atoms with Crippen LogP contribution in [-0.4, -0.2) is 6.04 Å². The van der Waals surface area contributed by atoms with Gasteiger partial charge in [0, 0.05) is 22.8 Å². The molecule has 2 atom stereocenters. The fourth-order valence-corrected chi connectivity index (χ4v) is 1.01. The molecule has 5 heteroatoms. The maximum Gasteiger partial charge on any atom is 0.0557 e. The van der Waals surface area contributed by atoms with Gasteiger partial charge in [-0.05, 0) is 6.92 Å². The molecule has 5 N–H and O–H groups in total. The molecule has 0 aromatic heterocycles. The minimum Gasteiger partial charge on any atom is -0.479 e. The fourth-order valence-electron chi connectivity index (χ4n) is 0.827. The van der Waals surface area contributed by atoms with Crippen LogP contribution in [0.4, 0.5) is 0 Å². The van der Waals surface area contributed by atoms with E-state index >= 15 is 0 Å². The summed E-state index contributed by atoms with van der Waals surface area (Å²) in [6, 6.07) is 0.991. The van der Waals surface area contributed by atoms with Crippen LogP contribution >= 0.6 is 22.9 Å². The molecule has 1 rings (SSSR count). The Morgan fingerprint density at radius 1 is 1.73 bits per heavy atom. The summed E-state index contributed by atoms with van der Waals surface area (Å²) >= 11 is 2.08. The van der Waals surface area contributed by atoms with E-state index in [0.29, 0.717) is 5.92 Å². The van der Waals surface area contributed by atoms with Crippen molar-refractivity contribution in [2.45, 2.75) is 13.0 Å². The van der Waals surface area contributed by atoms with Crippen LogP contribution in [0.1, 0.15) is 6.92 Å². The van der Waals surface area contributed by atoms with E-state index in [1.165, 1.54) is 0 Å². The maximum absolute atomic E-state index is 5.58. The number of hydrogen-bond acceptors (Lipinski definition) is 3. The number of nitrogens with two attached hydrogens (primary N) is 2. The van der Waals surface area contributed by atoms with Crippen LogP contribution in [0, 0.1) is 12.0 Å². The molecular formula is C6H11IMnN3-. The van der Waals surface area contributed by atoms with Gasteiger partial charge in [-0.1, -0.05) is 6.08 Å². The van der Waals surface area contributed by atoms with Crippen LogP contribution in [0.5, 0.6) is 0 Å². The fraction of sp³-hybridized carbons (Fsp3) is 0.500. The third kappa shape index (κ3) is 2.91. The Balaban J connectivity index is 0.000001000. The van der Waals surface area contributed by atoms with Crippen molar-refractivity contribution in [2.24, 2.45) is 17.4 Å². The summed E-state index contributed by atoms with van der Waals surface area (Å²) in [5, 5.41) is 0. The minimum absolute atomic E-state index is 0. The smallest absolute Gasteiger partial charge is 0.0557 e. The predicted octanol–water partition coefficient (Wildman–Crippen LogP) is 0.275. The van der Waals surface area contributed by atoms with E-state index in [1.54, 1.807) is 0 Å². The second kappa shape index (κ2) is 4.67. The summed E-state index contributed by atoms with van der Waals surface area (Å²) in [5.41, 5.74) is 12.2. The summed E-state index contributed by atoms with van der Waals surface area (Å²) in [5.74, 6) is 0.308. The number of halogens is 1. The van der Waals surface area contributed by atoms with Crippen molar-refractivity contribution >= 4 is 22.9 Å². The molecule has 2 unspecified atom stereocenters. The molecule has 0 aliphatic heterocycles. The number of allylic oxidation sites excluding steroid dienone is 1. The van der Waals surface area contributed by atoms with E-state index in [2.05, 4.69) is 26.4 Å². The molecule has 0 heterocycles. The van der Waals surface area contributed by atoms with Crippen LogP contribution in [0.15, 0.2) is 11.8 Å². The largest absolute Gasteiger partial charge is 0.479 e. The van der Waals surface area contributed by atoms with Gasteiger partial charge in [0.05, 0.1) is 22.9 Å². The molecule has 0 aromatic rings. The maximum atomic E-state index is 5.58. The molecule has 1 aliphatic rings. The van der Waals surface area contributed by atoms with E-state index in [4.69, 9.17) is 11.5 Å². The van der Waals surface area contributed by atoms with Gasteiger partial charge in [0.25, 0.3) is 0 Å². The Bertz CT molecular complexity index is 154. The summed E-state index contributed by atoms with van der Waals surface area (Å²) < 4.78 is 2.98. The summed E-state index contributed by atoms with van der Waals surface area (Å²) in [4.78, 5) is 0. The molecule has 0 amide bonds. The van der Waals surface area contributed by atoms with E-state index < -0.39 is 0 Å². The van der Waals surface area contributed by atoms with E-state index in [9.17, 15) is 0 Å². The Morgan fingerprint density at radius 3 is 2.45 bits per heavy atom. The van der Waals surface area contributed by atoms with Crippen molar-refractivity contribution in [1.29, 1.82) is 0 Å². The third-order valence-corrected chi connectivity index (χ3v) is 2.48. The normalized spacial score (nSPS) is 31.1. The van der Waals surface area contributed by atoms with Crippen molar-refractivity contribution in [3.63, 3.8) is 0 Å². The molecule has 1 saturated carbocycles. The Kier molecular flexibility index (Phi) is 4.97. The summed E-state index contributed by atoms with van der Waals surface area (Å²) in [6.07, 6.45) is 2.05. The molecule has 3 nitrogen and oxygen atoms in total. The van der Waals surface area contributed by atoms with Crippen molar-refractivity contribution in [1.82, 2.24) is 3.53 Å². The van der Waals surface area contributed by atoms with E-state index in [0.717, 1.165) is 11.7 Å². The van der Waals surface area contributed by atoms with Gasteiger partial charge >= 0.3 is 0 Å². The molecule has 0 saturated heterocycles. The predicted molar refractivity (Wildman–Crippen MR) is 49.8 cm³/mol.